The Kier molecular flexibility index (Phi) is 7.34. The molecule has 0 aromatic heterocycles. The van der Waals surface area contributed by atoms with Crippen molar-refractivity contribution >= 4 is 34.0 Å². The van der Waals surface area contributed by atoms with Crippen LogP contribution in [0, 0.1) is 10.1 Å². The van der Waals surface area contributed by atoms with E-state index in [9.17, 15) is 10.1 Å². The van der Waals surface area contributed by atoms with Crippen LogP contribution in [0.15, 0.2) is 22.7 Å². The SMILES string of the molecule is CCCC[C@@H](N)c1ccc(Br)c([N+](=O)[O-])c1.Cl. The van der Waals surface area contributed by atoms with Gasteiger partial charge in [-0.3, -0.25) is 10.1 Å². The predicted molar refractivity (Wildman–Crippen MR) is 74.5 cm³/mol. The van der Waals surface area contributed by atoms with Gasteiger partial charge in [0.1, 0.15) is 0 Å². The predicted octanol–water partition coefficient (Wildman–Crippen LogP) is 3.97. The fraction of sp³-hybridized carbons (Fsp3) is 0.455. The molecule has 0 heterocycles. The normalized spacial score (nSPS) is 11.7. The lowest BCUT2D eigenvalue weighted by Gasteiger charge is -2.11. The first-order chi connectivity index (χ1) is 7.56. The summed E-state index contributed by atoms with van der Waals surface area (Å²) in [5, 5.41) is 10.7. The van der Waals surface area contributed by atoms with Gasteiger partial charge in [-0.25, -0.2) is 0 Å². The highest BCUT2D eigenvalue weighted by molar-refractivity contribution is 9.10. The fourth-order valence-corrected chi connectivity index (χ4v) is 1.88. The summed E-state index contributed by atoms with van der Waals surface area (Å²) in [5.41, 5.74) is 6.86. The monoisotopic (exact) mass is 322 g/mol. The molecule has 1 atom stereocenters. The largest absolute Gasteiger partial charge is 0.324 e. The Bertz CT molecular complexity index is 388. The minimum Gasteiger partial charge on any atom is -0.324 e. The molecule has 0 saturated heterocycles. The first-order valence-corrected chi connectivity index (χ1v) is 6.05. The van der Waals surface area contributed by atoms with Crippen molar-refractivity contribution in [3.8, 4) is 0 Å². The van der Waals surface area contributed by atoms with Crippen LogP contribution in [0.3, 0.4) is 0 Å². The van der Waals surface area contributed by atoms with Gasteiger partial charge in [0.05, 0.1) is 9.40 Å². The number of unbranched alkanes of at least 4 members (excludes halogenated alkanes) is 1. The van der Waals surface area contributed by atoms with Crippen LogP contribution in [-0.4, -0.2) is 4.92 Å². The fourth-order valence-electron chi connectivity index (χ4n) is 1.49. The average Bonchev–Trinajstić information content (AvgIpc) is 2.26. The van der Waals surface area contributed by atoms with Gasteiger partial charge in [0.15, 0.2) is 0 Å². The van der Waals surface area contributed by atoms with E-state index in [2.05, 4.69) is 22.9 Å². The van der Waals surface area contributed by atoms with Crippen LogP contribution in [0.4, 0.5) is 5.69 Å². The molecular formula is C11H16BrClN2O2. The zero-order valence-electron chi connectivity index (χ0n) is 9.56. The maximum Gasteiger partial charge on any atom is 0.283 e. The van der Waals surface area contributed by atoms with E-state index in [1.54, 1.807) is 12.1 Å². The molecule has 0 unspecified atom stereocenters. The standard InChI is InChI=1S/C11H15BrN2O2.ClH/c1-2-3-4-10(13)8-5-6-9(12)11(7-8)14(15)16;/h5-7,10H,2-4,13H2,1H3;1H/t10-;/m1./s1. The van der Waals surface area contributed by atoms with Crippen LogP contribution in [0.1, 0.15) is 37.8 Å². The highest BCUT2D eigenvalue weighted by Crippen LogP contribution is 2.28. The van der Waals surface area contributed by atoms with Gasteiger partial charge in [-0.15, -0.1) is 12.4 Å². The molecule has 0 bridgehead atoms. The first kappa shape index (κ1) is 16.4. The van der Waals surface area contributed by atoms with E-state index >= 15 is 0 Å². The van der Waals surface area contributed by atoms with E-state index in [4.69, 9.17) is 5.73 Å². The molecule has 17 heavy (non-hydrogen) atoms. The van der Waals surface area contributed by atoms with Gasteiger partial charge in [-0.1, -0.05) is 25.8 Å². The van der Waals surface area contributed by atoms with E-state index in [1.807, 2.05) is 6.07 Å². The minimum atomic E-state index is -0.403. The summed E-state index contributed by atoms with van der Waals surface area (Å²) in [6, 6.07) is 4.94. The first-order valence-electron chi connectivity index (χ1n) is 5.25. The summed E-state index contributed by atoms with van der Waals surface area (Å²) < 4.78 is 0.490. The Labute approximate surface area is 115 Å². The molecule has 0 aliphatic heterocycles. The molecule has 0 radical (unpaired) electrons. The maximum absolute atomic E-state index is 10.7. The van der Waals surface area contributed by atoms with Gasteiger partial charge < -0.3 is 5.73 Å². The summed E-state index contributed by atoms with van der Waals surface area (Å²) in [5.74, 6) is 0. The van der Waals surface area contributed by atoms with Crippen molar-refractivity contribution in [1.29, 1.82) is 0 Å². The molecule has 0 amide bonds. The van der Waals surface area contributed by atoms with Crippen molar-refractivity contribution in [1.82, 2.24) is 0 Å². The van der Waals surface area contributed by atoms with Crippen LogP contribution in [0.5, 0.6) is 0 Å². The smallest absolute Gasteiger partial charge is 0.283 e. The molecule has 4 nitrogen and oxygen atoms in total. The van der Waals surface area contributed by atoms with Crippen LogP contribution < -0.4 is 5.73 Å². The molecule has 0 aliphatic carbocycles. The molecule has 0 fully saturated rings. The topological polar surface area (TPSA) is 69.2 Å². The quantitative estimate of drug-likeness (QED) is 0.658. The lowest BCUT2D eigenvalue weighted by atomic mass is 10.0. The lowest BCUT2D eigenvalue weighted by molar-refractivity contribution is -0.385. The van der Waals surface area contributed by atoms with Crippen LogP contribution >= 0.6 is 28.3 Å². The van der Waals surface area contributed by atoms with Crippen molar-refractivity contribution in [3.05, 3.63) is 38.3 Å². The zero-order valence-corrected chi connectivity index (χ0v) is 12.0. The van der Waals surface area contributed by atoms with Gasteiger partial charge in [-0.2, -0.15) is 0 Å². The number of rotatable bonds is 5. The Hall–Kier alpha value is -0.650. The van der Waals surface area contributed by atoms with Crippen molar-refractivity contribution in [3.63, 3.8) is 0 Å². The second kappa shape index (κ2) is 7.63. The Morgan fingerprint density at radius 3 is 2.71 bits per heavy atom. The molecule has 0 saturated carbocycles. The third-order valence-corrected chi connectivity index (χ3v) is 3.13. The van der Waals surface area contributed by atoms with Gasteiger partial charge in [0.25, 0.3) is 5.69 Å². The molecule has 0 aliphatic rings. The number of hydrogen-bond donors (Lipinski definition) is 1. The van der Waals surface area contributed by atoms with Gasteiger partial charge in [0, 0.05) is 12.1 Å². The Morgan fingerprint density at radius 2 is 2.18 bits per heavy atom. The third kappa shape index (κ3) is 4.61. The number of nitro groups is 1. The van der Waals surface area contributed by atoms with Crippen molar-refractivity contribution in [2.75, 3.05) is 0 Å². The molecule has 2 N–H and O–H groups in total. The van der Waals surface area contributed by atoms with Gasteiger partial charge in [-0.05, 0) is 34.0 Å². The number of nitro benzene ring substituents is 1. The number of benzene rings is 1. The van der Waals surface area contributed by atoms with Crippen molar-refractivity contribution < 1.29 is 4.92 Å². The van der Waals surface area contributed by atoms with Crippen molar-refractivity contribution in [2.24, 2.45) is 5.73 Å². The van der Waals surface area contributed by atoms with E-state index < -0.39 is 4.92 Å². The summed E-state index contributed by atoms with van der Waals surface area (Å²) >= 11 is 3.15. The Morgan fingerprint density at radius 1 is 1.53 bits per heavy atom. The number of hydrogen-bond acceptors (Lipinski definition) is 3. The minimum absolute atomic E-state index is 0. The number of halogens is 2. The van der Waals surface area contributed by atoms with E-state index in [0.717, 1.165) is 24.8 Å². The zero-order chi connectivity index (χ0) is 12.1. The summed E-state index contributed by atoms with van der Waals surface area (Å²) in [7, 11) is 0. The van der Waals surface area contributed by atoms with E-state index in [-0.39, 0.29) is 24.1 Å². The van der Waals surface area contributed by atoms with Crippen molar-refractivity contribution in [2.45, 2.75) is 32.2 Å². The number of nitrogens with two attached hydrogens (primary N) is 1. The van der Waals surface area contributed by atoms with Gasteiger partial charge in [0.2, 0.25) is 0 Å². The van der Waals surface area contributed by atoms with Gasteiger partial charge >= 0.3 is 0 Å². The van der Waals surface area contributed by atoms with E-state index in [1.165, 1.54) is 0 Å². The molecular weight excluding hydrogens is 307 g/mol. The number of nitrogens with zero attached hydrogens (tertiary/aromatic N) is 1. The summed E-state index contributed by atoms with van der Waals surface area (Å²) in [6.07, 6.45) is 2.96. The molecule has 0 spiro atoms. The highest BCUT2D eigenvalue weighted by Gasteiger charge is 2.15. The van der Waals surface area contributed by atoms with Crippen LogP contribution in [-0.2, 0) is 0 Å². The Balaban J connectivity index is 0.00000256. The van der Waals surface area contributed by atoms with Crippen LogP contribution in [0.2, 0.25) is 0 Å². The highest BCUT2D eigenvalue weighted by atomic mass is 79.9. The molecule has 96 valence electrons. The summed E-state index contributed by atoms with van der Waals surface area (Å²) in [6.45, 7) is 2.09. The molecule has 6 heteroatoms. The second-order valence-corrected chi connectivity index (χ2v) is 4.57. The second-order valence-electron chi connectivity index (χ2n) is 3.72. The lowest BCUT2D eigenvalue weighted by Crippen LogP contribution is -2.10. The molecule has 1 aromatic carbocycles. The molecule has 1 aromatic rings. The molecule has 1 rings (SSSR count). The average molecular weight is 324 g/mol. The summed E-state index contributed by atoms with van der Waals surface area (Å²) in [4.78, 5) is 10.3. The third-order valence-electron chi connectivity index (χ3n) is 2.46. The van der Waals surface area contributed by atoms with Crippen LogP contribution in [0.25, 0.3) is 0 Å². The van der Waals surface area contributed by atoms with E-state index in [0.29, 0.717) is 4.47 Å². The maximum atomic E-state index is 10.7.